The number of aromatic nitrogens is 4. The van der Waals surface area contributed by atoms with E-state index in [1.807, 2.05) is 30.3 Å². The maximum Gasteiger partial charge on any atom is 0.339 e. The summed E-state index contributed by atoms with van der Waals surface area (Å²) in [6.07, 6.45) is 1.59. The number of imidazole rings is 1. The zero-order valence-corrected chi connectivity index (χ0v) is 15.4. The fourth-order valence-corrected chi connectivity index (χ4v) is 3.02. The number of carbonyl (C=O) groups excluding carboxylic acids is 1. The van der Waals surface area contributed by atoms with Gasteiger partial charge in [0, 0.05) is 18.8 Å². The van der Waals surface area contributed by atoms with Gasteiger partial charge in [0.2, 0.25) is 0 Å². The van der Waals surface area contributed by atoms with Crippen molar-refractivity contribution in [2.45, 2.75) is 6.54 Å². The molecule has 3 N–H and O–H groups in total. The zero-order chi connectivity index (χ0) is 20.4. The summed E-state index contributed by atoms with van der Waals surface area (Å²) in [5, 5.41) is 3.29. The van der Waals surface area contributed by atoms with E-state index < -0.39 is 17.2 Å². The molecule has 0 aliphatic rings. The lowest BCUT2D eigenvalue weighted by Crippen LogP contribution is -2.21. The average molecular weight is 391 g/mol. The van der Waals surface area contributed by atoms with E-state index >= 15 is 0 Å². The van der Waals surface area contributed by atoms with Gasteiger partial charge >= 0.3 is 11.7 Å². The molecule has 0 bridgehead atoms. The minimum Gasteiger partial charge on any atom is -0.465 e. The van der Waals surface area contributed by atoms with Gasteiger partial charge in [-0.3, -0.25) is 14.2 Å². The van der Waals surface area contributed by atoms with Crippen molar-refractivity contribution in [2.24, 2.45) is 0 Å². The molecule has 146 valence electrons. The Hall–Kier alpha value is -4.14. The quantitative estimate of drug-likeness (QED) is 0.446. The van der Waals surface area contributed by atoms with Crippen LogP contribution in [0.15, 0.2) is 64.3 Å². The third-order valence-electron chi connectivity index (χ3n) is 4.36. The average Bonchev–Trinajstić information content (AvgIpc) is 3.09. The van der Waals surface area contributed by atoms with Crippen LogP contribution in [0.25, 0.3) is 17.0 Å². The second-order valence-electron chi connectivity index (χ2n) is 6.29. The summed E-state index contributed by atoms with van der Waals surface area (Å²) >= 11 is 0. The number of anilines is 1. The number of hydrogen-bond donors (Lipinski definition) is 3. The molecule has 0 radical (unpaired) electrons. The van der Waals surface area contributed by atoms with Crippen molar-refractivity contribution < 1.29 is 9.53 Å². The molecule has 0 saturated carbocycles. The molecule has 0 amide bonds. The Bertz CT molecular complexity index is 1280. The number of hydrogen-bond acceptors (Lipinski definition) is 6. The summed E-state index contributed by atoms with van der Waals surface area (Å²) in [7, 11) is 1.31. The first-order chi connectivity index (χ1) is 14.0. The van der Waals surface area contributed by atoms with Gasteiger partial charge < -0.3 is 15.0 Å². The number of ether oxygens (including phenoxy) is 1. The Kier molecular flexibility index (Phi) is 4.70. The number of H-pyrrole nitrogens is 2. The summed E-state index contributed by atoms with van der Waals surface area (Å²) in [6, 6.07) is 14.2. The fraction of sp³-hybridized carbons (Fsp3) is 0.100. The van der Waals surface area contributed by atoms with Gasteiger partial charge in [-0.2, -0.15) is 0 Å². The molecule has 0 aliphatic carbocycles. The molecule has 0 atom stereocenters. The van der Waals surface area contributed by atoms with E-state index in [9.17, 15) is 14.4 Å². The van der Waals surface area contributed by atoms with Crippen molar-refractivity contribution in [3.8, 4) is 11.4 Å². The molecule has 0 fully saturated rings. The Morgan fingerprint density at radius 1 is 1.14 bits per heavy atom. The molecule has 3 aromatic heterocycles. The summed E-state index contributed by atoms with van der Waals surface area (Å²) in [5.41, 5.74) is 1.37. The van der Waals surface area contributed by atoms with E-state index in [1.54, 1.807) is 22.7 Å². The molecule has 0 unspecified atom stereocenters. The van der Waals surface area contributed by atoms with Gasteiger partial charge in [0.05, 0.1) is 18.4 Å². The van der Waals surface area contributed by atoms with Crippen LogP contribution < -0.4 is 16.6 Å². The third-order valence-corrected chi connectivity index (χ3v) is 4.36. The van der Waals surface area contributed by atoms with E-state index in [1.165, 1.54) is 13.2 Å². The number of aromatic amines is 2. The molecule has 0 aliphatic heterocycles. The van der Waals surface area contributed by atoms with E-state index in [2.05, 4.69) is 20.3 Å². The Morgan fingerprint density at radius 3 is 2.66 bits per heavy atom. The van der Waals surface area contributed by atoms with E-state index in [0.717, 1.165) is 5.56 Å². The van der Waals surface area contributed by atoms with Gasteiger partial charge in [-0.25, -0.2) is 14.6 Å². The van der Waals surface area contributed by atoms with Crippen LogP contribution >= 0.6 is 0 Å². The number of rotatable bonds is 5. The molecular formula is C20H17N5O4. The second kappa shape index (κ2) is 7.47. The number of nitrogens with zero attached hydrogens (tertiary/aromatic N) is 2. The normalized spacial score (nSPS) is 10.8. The van der Waals surface area contributed by atoms with Crippen molar-refractivity contribution in [1.29, 1.82) is 0 Å². The van der Waals surface area contributed by atoms with Crippen LogP contribution in [0.1, 0.15) is 15.9 Å². The monoisotopic (exact) mass is 391 g/mol. The van der Waals surface area contributed by atoms with Crippen molar-refractivity contribution >= 4 is 17.4 Å². The molecule has 29 heavy (non-hydrogen) atoms. The molecular weight excluding hydrogens is 374 g/mol. The van der Waals surface area contributed by atoms with E-state index in [-0.39, 0.29) is 5.69 Å². The highest BCUT2D eigenvalue weighted by Gasteiger charge is 2.17. The van der Waals surface area contributed by atoms with Crippen molar-refractivity contribution in [1.82, 2.24) is 19.4 Å². The van der Waals surface area contributed by atoms with Gasteiger partial charge in [-0.05, 0) is 17.7 Å². The number of fused-ring (bicyclic) bond motifs is 1. The first-order valence-corrected chi connectivity index (χ1v) is 8.77. The van der Waals surface area contributed by atoms with Crippen LogP contribution in [-0.4, -0.2) is 32.4 Å². The highest BCUT2D eigenvalue weighted by molar-refractivity contribution is 5.90. The van der Waals surface area contributed by atoms with Gasteiger partial charge in [-0.1, -0.05) is 30.3 Å². The number of methoxy groups -OCH3 is 1. The number of benzene rings is 1. The van der Waals surface area contributed by atoms with Crippen LogP contribution in [0.2, 0.25) is 0 Å². The summed E-state index contributed by atoms with van der Waals surface area (Å²) in [4.78, 5) is 44.7. The number of pyridine rings is 1. The largest absolute Gasteiger partial charge is 0.465 e. The zero-order valence-electron chi connectivity index (χ0n) is 15.4. The van der Waals surface area contributed by atoms with E-state index in [4.69, 9.17) is 4.74 Å². The molecule has 9 heteroatoms. The number of esters is 1. The maximum absolute atomic E-state index is 11.9. The predicted molar refractivity (Wildman–Crippen MR) is 107 cm³/mol. The minimum atomic E-state index is -0.631. The predicted octanol–water partition coefficient (Wildman–Crippen LogP) is 1.78. The molecule has 3 heterocycles. The molecule has 0 spiro atoms. The lowest BCUT2D eigenvalue weighted by Gasteiger charge is -2.09. The Morgan fingerprint density at radius 2 is 1.93 bits per heavy atom. The second-order valence-corrected chi connectivity index (χ2v) is 6.29. The van der Waals surface area contributed by atoms with Crippen molar-refractivity contribution in [3.63, 3.8) is 0 Å². The van der Waals surface area contributed by atoms with Crippen LogP contribution in [0.5, 0.6) is 0 Å². The molecule has 0 saturated heterocycles. The highest BCUT2D eigenvalue weighted by Crippen LogP contribution is 2.27. The van der Waals surface area contributed by atoms with Crippen LogP contribution in [-0.2, 0) is 11.3 Å². The first kappa shape index (κ1) is 18.2. The highest BCUT2D eigenvalue weighted by atomic mass is 16.5. The standard InChI is InChI=1S/C20H17N5O4/c1-29-19(27)13-7-8-15-23-17(14-9-16(26)24-20(28)22-14)18(25(15)11-13)21-10-12-5-3-2-4-6-12/h2-9,11,21H,10H2,1H3,(H2,22,24,26,28). The maximum atomic E-state index is 11.9. The minimum absolute atomic E-state index is 0.262. The van der Waals surface area contributed by atoms with Gasteiger partial charge in [0.15, 0.2) is 0 Å². The van der Waals surface area contributed by atoms with Crippen LogP contribution in [0.4, 0.5) is 5.82 Å². The fourth-order valence-electron chi connectivity index (χ4n) is 3.02. The van der Waals surface area contributed by atoms with Crippen LogP contribution in [0.3, 0.4) is 0 Å². The van der Waals surface area contributed by atoms with Gasteiger partial charge in [0.25, 0.3) is 5.56 Å². The van der Waals surface area contributed by atoms with Crippen LogP contribution in [0, 0.1) is 0 Å². The topological polar surface area (TPSA) is 121 Å². The molecule has 4 aromatic rings. The molecule has 9 nitrogen and oxygen atoms in total. The SMILES string of the molecule is COC(=O)c1ccc2nc(-c3cc(=O)[nH]c(=O)[nH]3)c(NCc3ccccc3)n2c1. The number of nitrogens with one attached hydrogen (secondary N) is 3. The lowest BCUT2D eigenvalue weighted by molar-refractivity contribution is 0.0600. The van der Waals surface area contributed by atoms with Gasteiger partial charge in [-0.15, -0.1) is 0 Å². The third kappa shape index (κ3) is 3.65. The summed E-state index contributed by atoms with van der Waals surface area (Å²) < 4.78 is 6.48. The molecule has 4 rings (SSSR count). The van der Waals surface area contributed by atoms with Gasteiger partial charge in [0.1, 0.15) is 17.2 Å². The summed E-state index contributed by atoms with van der Waals surface area (Å²) in [5.74, 6) is 0.0385. The lowest BCUT2D eigenvalue weighted by atomic mass is 10.2. The Labute approximate surface area is 164 Å². The molecule has 1 aromatic carbocycles. The Balaban J connectivity index is 1.87. The van der Waals surface area contributed by atoms with E-state index in [0.29, 0.717) is 29.3 Å². The number of carbonyl (C=O) groups is 1. The smallest absolute Gasteiger partial charge is 0.339 e. The van der Waals surface area contributed by atoms with Crippen molar-refractivity contribution in [3.05, 3.63) is 86.7 Å². The van der Waals surface area contributed by atoms with Crippen molar-refractivity contribution in [2.75, 3.05) is 12.4 Å². The first-order valence-electron chi connectivity index (χ1n) is 8.77. The summed E-state index contributed by atoms with van der Waals surface area (Å²) in [6.45, 7) is 0.470.